The summed E-state index contributed by atoms with van der Waals surface area (Å²) in [5.41, 5.74) is 0.479. The second-order valence-electron chi connectivity index (χ2n) is 4.45. The predicted molar refractivity (Wildman–Crippen MR) is 66.6 cm³/mol. The Balaban J connectivity index is 2.13. The molecule has 0 aromatic heterocycles. The largest absolute Gasteiger partial charge is 0.363 e. The van der Waals surface area contributed by atoms with Crippen molar-refractivity contribution in [3.05, 3.63) is 35.9 Å². The van der Waals surface area contributed by atoms with Gasteiger partial charge >= 0.3 is 0 Å². The summed E-state index contributed by atoms with van der Waals surface area (Å²) in [4.78, 5) is 12.1. The first-order valence-electron chi connectivity index (χ1n) is 6.21. The molecule has 3 nitrogen and oxygen atoms in total. The molecule has 1 heterocycles. The molecule has 1 aliphatic rings. The summed E-state index contributed by atoms with van der Waals surface area (Å²) in [7, 11) is 0. The Morgan fingerprint density at radius 3 is 2.47 bits per heavy atom. The Kier molecular flexibility index (Phi) is 3.48. The average Bonchev–Trinajstić information content (AvgIpc) is 2.40. The van der Waals surface area contributed by atoms with E-state index in [0.29, 0.717) is 6.61 Å². The SMILES string of the molecule is CCC1(CC)OC[C@@H](c2ccccc2)NC1=O. The minimum absolute atomic E-state index is 0.0163. The molecule has 1 saturated heterocycles. The van der Waals surface area contributed by atoms with Crippen molar-refractivity contribution in [2.75, 3.05) is 6.61 Å². The molecule has 1 fully saturated rings. The number of morpholine rings is 1. The molecule has 1 aromatic carbocycles. The summed E-state index contributed by atoms with van der Waals surface area (Å²) in [6.07, 6.45) is 1.44. The van der Waals surface area contributed by atoms with Crippen molar-refractivity contribution >= 4 is 5.91 Å². The van der Waals surface area contributed by atoms with Gasteiger partial charge in [-0.05, 0) is 18.4 Å². The molecule has 2 rings (SSSR count). The van der Waals surface area contributed by atoms with Crippen molar-refractivity contribution in [3.8, 4) is 0 Å². The Hall–Kier alpha value is -1.35. The van der Waals surface area contributed by atoms with E-state index >= 15 is 0 Å². The predicted octanol–water partition coefficient (Wildman–Crippen LogP) is 2.43. The second-order valence-corrected chi connectivity index (χ2v) is 4.45. The molecule has 1 N–H and O–H groups in total. The van der Waals surface area contributed by atoms with Crippen LogP contribution in [0.25, 0.3) is 0 Å². The van der Waals surface area contributed by atoms with Crippen LogP contribution < -0.4 is 5.32 Å². The number of carbonyl (C=O) groups is 1. The molecule has 1 aromatic rings. The normalized spacial score (nSPS) is 23.2. The summed E-state index contributed by atoms with van der Waals surface area (Å²) in [6.45, 7) is 4.54. The van der Waals surface area contributed by atoms with Gasteiger partial charge in [0.05, 0.1) is 12.6 Å². The number of hydrogen-bond acceptors (Lipinski definition) is 2. The molecule has 0 spiro atoms. The molecule has 92 valence electrons. The molecule has 1 amide bonds. The van der Waals surface area contributed by atoms with Crippen LogP contribution in [0.1, 0.15) is 38.3 Å². The number of hydrogen-bond donors (Lipinski definition) is 1. The molecule has 3 heteroatoms. The molecule has 1 aliphatic heterocycles. The van der Waals surface area contributed by atoms with E-state index in [-0.39, 0.29) is 11.9 Å². The highest BCUT2D eigenvalue weighted by Crippen LogP contribution is 2.28. The van der Waals surface area contributed by atoms with Crippen LogP contribution in [-0.2, 0) is 9.53 Å². The van der Waals surface area contributed by atoms with Gasteiger partial charge in [0, 0.05) is 0 Å². The van der Waals surface area contributed by atoms with Gasteiger partial charge in [-0.3, -0.25) is 4.79 Å². The van der Waals surface area contributed by atoms with Crippen LogP contribution in [0.5, 0.6) is 0 Å². The summed E-state index contributed by atoms with van der Waals surface area (Å²) < 4.78 is 5.83. The highest BCUT2D eigenvalue weighted by Gasteiger charge is 2.41. The molecule has 0 aliphatic carbocycles. The van der Waals surface area contributed by atoms with Crippen LogP contribution in [-0.4, -0.2) is 18.1 Å². The molecule has 0 saturated carbocycles. The lowest BCUT2D eigenvalue weighted by atomic mass is 9.92. The van der Waals surface area contributed by atoms with Gasteiger partial charge in [-0.2, -0.15) is 0 Å². The van der Waals surface area contributed by atoms with Crippen molar-refractivity contribution in [2.24, 2.45) is 0 Å². The van der Waals surface area contributed by atoms with Gasteiger partial charge in [-0.1, -0.05) is 44.2 Å². The number of benzene rings is 1. The van der Waals surface area contributed by atoms with E-state index < -0.39 is 5.60 Å². The molecule has 17 heavy (non-hydrogen) atoms. The smallest absolute Gasteiger partial charge is 0.252 e. The molecule has 0 unspecified atom stereocenters. The lowest BCUT2D eigenvalue weighted by Gasteiger charge is -2.38. The molecular weight excluding hydrogens is 214 g/mol. The van der Waals surface area contributed by atoms with Crippen LogP contribution in [0.15, 0.2) is 30.3 Å². The van der Waals surface area contributed by atoms with Crippen molar-refractivity contribution in [2.45, 2.75) is 38.3 Å². The topological polar surface area (TPSA) is 38.3 Å². The van der Waals surface area contributed by atoms with Crippen molar-refractivity contribution in [1.29, 1.82) is 0 Å². The first-order valence-corrected chi connectivity index (χ1v) is 6.21. The van der Waals surface area contributed by atoms with Gasteiger partial charge in [0.15, 0.2) is 0 Å². The van der Waals surface area contributed by atoms with Gasteiger partial charge in [-0.15, -0.1) is 0 Å². The second kappa shape index (κ2) is 4.88. The maximum atomic E-state index is 12.1. The minimum atomic E-state index is -0.620. The third-order valence-corrected chi connectivity index (χ3v) is 3.59. The summed E-state index contributed by atoms with van der Waals surface area (Å²) >= 11 is 0. The zero-order valence-electron chi connectivity index (χ0n) is 10.4. The zero-order valence-corrected chi connectivity index (χ0v) is 10.4. The average molecular weight is 233 g/mol. The Labute approximate surface area is 102 Å². The number of nitrogens with one attached hydrogen (secondary N) is 1. The highest BCUT2D eigenvalue weighted by molar-refractivity contribution is 5.86. The summed E-state index contributed by atoms with van der Waals surface area (Å²) in [6, 6.07) is 9.93. The van der Waals surface area contributed by atoms with Crippen LogP contribution in [0.4, 0.5) is 0 Å². The fraction of sp³-hybridized carbons (Fsp3) is 0.500. The first-order chi connectivity index (χ1) is 8.22. The third kappa shape index (κ3) is 2.20. The van der Waals surface area contributed by atoms with E-state index in [2.05, 4.69) is 5.32 Å². The van der Waals surface area contributed by atoms with Crippen LogP contribution >= 0.6 is 0 Å². The monoisotopic (exact) mass is 233 g/mol. The highest BCUT2D eigenvalue weighted by atomic mass is 16.5. The van der Waals surface area contributed by atoms with Crippen molar-refractivity contribution in [1.82, 2.24) is 5.32 Å². The Bertz CT molecular complexity index is 384. The van der Waals surface area contributed by atoms with Gasteiger partial charge in [0.1, 0.15) is 5.60 Å². The number of carbonyl (C=O) groups excluding carboxylic acids is 1. The van der Waals surface area contributed by atoms with Crippen LogP contribution in [0.3, 0.4) is 0 Å². The quantitative estimate of drug-likeness (QED) is 0.870. The lowest BCUT2D eigenvalue weighted by Crippen LogP contribution is -2.55. The summed E-state index contributed by atoms with van der Waals surface area (Å²) in [5.74, 6) is 0.0163. The fourth-order valence-electron chi connectivity index (χ4n) is 2.28. The van der Waals surface area contributed by atoms with Crippen molar-refractivity contribution in [3.63, 3.8) is 0 Å². The van der Waals surface area contributed by atoms with Gasteiger partial charge in [0.2, 0.25) is 0 Å². The van der Waals surface area contributed by atoms with Crippen LogP contribution in [0, 0.1) is 0 Å². The van der Waals surface area contributed by atoms with Crippen molar-refractivity contribution < 1.29 is 9.53 Å². The van der Waals surface area contributed by atoms with E-state index in [1.54, 1.807) is 0 Å². The van der Waals surface area contributed by atoms with Gasteiger partial charge in [0.25, 0.3) is 5.91 Å². The fourth-order valence-corrected chi connectivity index (χ4v) is 2.28. The van der Waals surface area contributed by atoms with Crippen LogP contribution in [0.2, 0.25) is 0 Å². The molecule has 0 bridgehead atoms. The number of ether oxygens (including phenoxy) is 1. The first kappa shape index (κ1) is 12.1. The minimum Gasteiger partial charge on any atom is -0.363 e. The van der Waals surface area contributed by atoms with E-state index in [4.69, 9.17) is 4.74 Å². The zero-order chi connectivity index (χ0) is 12.3. The maximum absolute atomic E-state index is 12.1. The lowest BCUT2D eigenvalue weighted by molar-refractivity contribution is -0.160. The number of rotatable bonds is 3. The standard InChI is InChI=1S/C14H19NO2/c1-3-14(4-2)13(16)15-12(10-17-14)11-8-6-5-7-9-11/h5-9,12H,3-4,10H2,1-2H3,(H,15,16)/t12-/m0/s1. The van der Waals surface area contributed by atoms with E-state index in [0.717, 1.165) is 18.4 Å². The molecular formula is C14H19NO2. The van der Waals surface area contributed by atoms with Gasteiger partial charge in [-0.25, -0.2) is 0 Å². The summed E-state index contributed by atoms with van der Waals surface area (Å²) in [5, 5.41) is 3.06. The Morgan fingerprint density at radius 2 is 1.94 bits per heavy atom. The van der Waals surface area contributed by atoms with E-state index in [9.17, 15) is 4.79 Å². The van der Waals surface area contributed by atoms with Gasteiger partial charge < -0.3 is 10.1 Å². The maximum Gasteiger partial charge on any atom is 0.252 e. The number of amides is 1. The van der Waals surface area contributed by atoms with E-state index in [1.165, 1.54) is 0 Å². The molecule has 1 atom stereocenters. The molecule has 0 radical (unpaired) electrons. The third-order valence-electron chi connectivity index (χ3n) is 3.59. The van der Waals surface area contributed by atoms with E-state index in [1.807, 2.05) is 44.2 Å². The Morgan fingerprint density at radius 1 is 1.29 bits per heavy atom.